The number of aliphatic hydroxyl groups is 1. The van der Waals surface area contributed by atoms with Crippen molar-refractivity contribution in [3.63, 3.8) is 0 Å². The van der Waals surface area contributed by atoms with Crippen molar-refractivity contribution in [3.8, 4) is 0 Å². The van der Waals surface area contributed by atoms with Crippen LogP contribution in [0, 0.1) is 0 Å². The number of hydrogen-bond donors (Lipinski definition) is 1. The summed E-state index contributed by atoms with van der Waals surface area (Å²) in [6, 6.07) is 59.9. The molecule has 2 aliphatic rings. The van der Waals surface area contributed by atoms with Gasteiger partial charge in [0.2, 0.25) is 0 Å². The van der Waals surface area contributed by atoms with E-state index >= 15 is 0 Å². The Hall–Kier alpha value is -4.35. The molecule has 0 aromatic heterocycles. The van der Waals surface area contributed by atoms with Gasteiger partial charge in [0, 0.05) is 4.43 Å². The summed E-state index contributed by atoms with van der Waals surface area (Å²) in [5.74, 6) is 0. The first-order chi connectivity index (χ1) is 32.6. The van der Waals surface area contributed by atoms with Crippen molar-refractivity contribution in [2.75, 3.05) is 11.0 Å². The first-order valence-electron chi connectivity index (χ1n) is 22.7. The molecule has 346 valence electrons. The molecule has 8 rings (SSSR count). The van der Waals surface area contributed by atoms with Crippen LogP contribution in [0.25, 0.3) is 0 Å². The van der Waals surface area contributed by atoms with E-state index in [0.717, 1.165) is 37.8 Å². The van der Waals surface area contributed by atoms with Gasteiger partial charge >= 0.3 is 0 Å². The minimum Gasteiger partial charge on any atom is -0.368 e. The maximum Gasteiger partial charge on any atom is 0.186 e. The van der Waals surface area contributed by atoms with Crippen LogP contribution in [0.15, 0.2) is 182 Å². The predicted octanol–water partition coefficient (Wildman–Crippen LogP) is 9.78. The summed E-state index contributed by atoms with van der Waals surface area (Å²) in [6.45, 7) is 1.67. The molecule has 0 saturated carbocycles. The molecule has 6 aromatic carbocycles. The van der Waals surface area contributed by atoms with Gasteiger partial charge < -0.3 is 47.7 Å². The SMILES string of the molecule is O[C@H]1O[C@H](CO[C@H]2O[C@@H](CCI)[C@@H](OCc3ccccc3)[C@@H](OCc3ccccc3)[C@H]2OCc2ccccc2)[C@@H](OCc2ccccc2)[C@H](OCc2ccccc2)[C@H]1OCc1ccccc1. The molecule has 0 bridgehead atoms. The molecule has 2 aliphatic heterocycles. The molecule has 10 atom stereocenters. The number of aliphatic hydroxyl groups excluding tert-OH is 1. The van der Waals surface area contributed by atoms with Crippen molar-refractivity contribution in [1.29, 1.82) is 0 Å². The number of rotatable bonds is 23. The van der Waals surface area contributed by atoms with Crippen molar-refractivity contribution in [2.45, 2.75) is 107 Å². The van der Waals surface area contributed by atoms with Crippen LogP contribution in [0.5, 0.6) is 0 Å². The Balaban J connectivity index is 1.10. The van der Waals surface area contributed by atoms with E-state index in [1.54, 1.807) is 0 Å². The van der Waals surface area contributed by atoms with Crippen LogP contribution in [-0.4, -0.2) is 77.6 Å². The number of hydrogen-bond acceptors (Lipinski definition) is 10. The minimum absolute atomic E-state index is 0.0408. The zero-order valence-corrected chi connectivity index (χ0v) is 39.1. The normalized spacial score (nSPS) is 25.4. The maximum atomic E-state index is 11.9. The average molecular weight is 1010 g/mol. The molecule has 2 saturated heterocycles. The summed E-state index contributed by atoms with van der Waals surface area (Å²) in [4.78, 5) is 0. The van der Waals surface area contributed by atoms with E-state index in [2.05, 4.69) is 34.7 Å². The van der Waals surface area contributed by atoms with Gasteiger partial charge in [-0.15, -0.1) is 0 Å². The molecule has 0 radical (unpaired) electrons. The highest BCUT2D eigenvalue weighted by Crippen LogP contribution is 2.35. The fraction of sp³-hybridized carbons (Fsp3) is 0.345. The summed E-state index contributed by atoms with van der Waals surface area (Å²) >= 11 is 2.38. The van der Waals surface area contributed by atoms with Crippen LogP contribution < -0.4 is 0 Å². The van der Waals surface area contributed by atoms with Crippen molar-refractivity contribution >= 4 is 22.6 Å². The van der Waals surface area contributed by atoms with Gasteiger partial charge in [0.1, 0.15) is 42.7 Å². The molecule has 1 N–H and O–H groups in total. The second-order valence-corrected chi connectivity index (χ2v) is 17.6. The fourth-order valence-corrected chi connectivity index (χ4v) is 8.92. The largest absolute Gasteiger partial charge is 0.368 e. The molecule has 0 spiro atoms. The van der Waals surface area contributed by atoms with Crippen molar-refractivity contribution in [2.24, 2.45) is 0 Å². The molecule has 2 fully saturated rings. The highest BCUT2D eigenvalue weighted by molar-refractivity contribution is 14.1. The summed E-state index contributed by atoms with van der Waals surface area (Å²) in [7, 11) is 0. The van der Waals surface area contributed by atoms with Crippen molar-refractivity contribution in [1.82, 2.24) is 0 Å². The molecular formula is C55H59IO10. The van der Waals surface area contributed by atoms with E-state index in [-0.39, 0.29) is 33.0 Å². The highest BCUT2D eigenvalue weighted by atomic mass is 127. The summed E-state index contributed by atoms with van der Waals surface area (Å²) in [6.07, 6.45) is -7.12. The zero-order chi connectivity index (χ0) is 45.2. The van der Waals surface area contributed by atoms with E-state index in [9.17, 15) is 5.11 Å². The highest BCUT2D eigenvalue weighted by Gasteiger charge is 2.51. The standard InChI is InChI=1S/C55H59IO10/c56-32-31-46-48(58-33-40-19-7-1-8-20-40)51(61-36-43-25-13-4-14-26-43)53(63-38-45-29-17-6-18-30-45)55(66-46)64-39-47-49(59-34-41-21-9-2-10-22-41)50(60-35-42-23-11-3-12-24-42)52(54(57)65-47)62-37-44-27-15-5-16-28-44/h1-30,46-55,57H,31-39H2/t46-,47+,48+,49+,50-,51+,52+,53+,54-,55-/m0/s1. The Morgan fingerprint density at radius 3 is 1.02 bits per heavy atom. The Labute approximate surface area is 402 Å². The second kappa shape index (κ2) is 25.7. The van der Waals surface area contributed by atoms with Crippen molar-refractivity contribution < 1.29 is 47.7 Å². The Kier molecular flexibility index (Phi) is 18.7. The molecule has 0 unspecified atom stereocenters. The summed E-state index contributed by atoms with van der Waals surface area (Å²) in [5.41, 5.74) is 5.93. The van der Waals surface area contributed by atoms with E-state index in [1.807, 2.05) is 170 Å². The Bertz CT molecular complexity index is 2230. The Morgan fingerprint density at radius 2 is 0.652 bits per heavy atom. The lowest BCUT2D eigenvalue weighted by Gasteiger charge is -2.47. The molecule has 0 aliphatic carbocycles. The molecule has 11 heteroatoms. The first kappa shape index (κ1) is 48.1. The van der Waals surface area contributed by atoms with Gasteiger partial charge in [-0.05, 0) is 39.8 Å². The van der Waals surface area contributed by atoms with Gasteiger partial charge in [-0.3, -0.25) is 0 Å². The lowest BCUT2D eigenvalue weighted by molar-refractivity contribution is -0.346. The summed E-state index contributed by atoms with van der Waals surface area (Å²) in [5, 5.41) is 11.9. The quantitative estimate of drug-likeness (QED) is 0.0493. The van der Waals surface area contributed by atoms with Crippen LogP contribution in [0.1, 0.15) is 39.8 Å². The van der Waals surface area contributed by atoms with Crippen LogP contribution in [0.2, 0.25) is 0 Å². The van der Waals surface area contributed by atoms with Crippen LogP contribution in [-0.2, 0) is 82.3 Å². The molecule has 66 heavy (non-hydrogen) atoms. The molecular weight excluding hydrogens is 947 g/mol. The zero-order valence-electron chi connectivity index (χ0n) is 37.0. The first-order valence-corrected chi connectivity index (χ1v) is 24.2. The van der Waals surface area contributed by atoms with Gasteiger partial charge in [0.25, 0.3) is 0 Å². The van der Waals surface area contributed by atoms with E-state index in [0.29, 0.717) is 19.6 Å². The summed E-state index contributed by atoms with van der Waals surface area (Å²) < 4.78 is 61.8. The van der Waals surface area contributed by atoms with Crippen molar-refractivity contribution in [3.05, 3.63) is 215 Å². The van der Waals surface area contributed by atoms with E-state index < -0.39 is 61.4 Å². The average Bonchev–Trinajstić information content (AvgIpc) is 3.37. The topological polar surface area (TPSA) is 103 Å². The third-order valence-electron chi connectivity index (χ3n) is 11.7. The molecule has 6 aromatic rings. The number of benzene rings is 6. The van der Waals surface area contributed by atoms with Gasteiger partial charge in [0.05, 0.1) is 52.4 Å². The van der Waals surface area contributed by atoms with Gasteiger partial charge in [0.15, 0.2) is 12.6 Å². The fourth-order valence-electron chi connectivity index (χ4n) is 8.31. The van der Waals surface area contributed by atoms with Gasteiger partial charge in [-0.25, -0.2) is 0 Å². The lowest BCUT2D eigenvalue weighted by atomic mass is 9.95. The third-order valence-corrected chi connectivity index (χ3v) is 12.4. The van der Waals surface area contributed by atoms with Gasteiger partial charge in [-0.1, -0.05) is 205 Å². The van der Waals surface area contributed by atoms with Crippen LogP contribution in [0.4, 0.5) is 0 Å². The van der Waals surface area contributed by atoms with Crippen LogP contribution >= 0.6 is 22.6 Å². The van der Waals surface area contributed by atoms with Crippen LogP contribution in [0.3, 0.4) is 0 Å². The minimum atomic E-state index is -1.37. The number of alkyl halides is 1. The monoisotopic (exact) mass is 1010 g/mol. The van der Waals surface area contributed by atoms with E-state index in [4.69, 9.17) is 42.6 Å². The lowest BCUT2D eigenvalue weighted by Crippen LogP contribution is -2.63. The maximum absolute atomic E-state index is 11.9. The predicted molar refractivity (Wildman–Crippen MR) is 259 cm³/mol. The number of ether oxygens (including phenoxy) is 9. The van der Waals surface area contributed by atoms with E-state index in [1.165, 1.54) is 0 Å². The second-order valence-electron chi connectivity index (χ2n) is 16.5. The molecule has 2 heterocycles. The molecule has 10 nitrogen and oxygen atoms in total. The third kappa shape index (κ3) is 13.9. The number of halogens is 1. The Morgan fingerprint density at radius 1 is 0.348 bits per heavy atom. The van der Waals surface area contributed by atoms with Gasteiger partial charge in [-0.2, -0.15) is 0 Å². The molecule has 0 amide bonds. The smallest absolute Gasteiger partial charge is 0.186 e.